The van der Waals surface area contributed by atoms with Crippen molar-refractivity contribution in [2.24, 2.45) is 0 Å². The Morgan fingerprint density at radius 3 is 2.38 bits per heavy atom. The van der Waals surface area contributed by atoms with Crippen LogP contribution in [0.25, 0.3) is 6.08 Å². The summed E-state index contributed by atoms with van der Waals surface area (Å²) < 4.78 is 16.3. The number of hydrogen-bond acceptors (Lipinski definition) is 7. The molecule has 0 aliphatic carbocycles. The van der Waals surface area contributed by atoms with Gasteiger partial charge in [0.25, 0.3) is 5.69 Å². The topological polar surface area (TPSA) is 105 Å². The Hall–Kier alpha value is -4.46. The number of Topliss-reactive ketones (excluding diaryl/α,β-unsaturated/α-hetero) is 2. The Labute approximate surface area is 182 Å². The maximum Gasteiger partial charge on any atom is 0.269 e. The standard InChI is InChI=1S/C24H17NO7/c1-30-18-8-4-16(5-9-18)21(26)14-31-19-10-11-20-22(13-19)32-23(24(20)27)12-15-2-6-17(7-3-15)25(28)29/h2-13H,14H2,1H3/b23-12-. The number of rotatable bonds is 7. The molecule has 160 valence electrons. The zero-order valence-corrected chi connectivity index (χ0v) is 16.9. The van der Waals surface area contributed by atoms with Crippen LogP contribution in [0.2, 0.25) is 0 Å². The van der Waals surface area contributed by atoms with Crippen molar-refractivity contribution in [1.82, 2.24) is 0 Å². The van der Waals surface area contributed by atoms with Crippen molar-refractivity contribution >= 4 is 23.3 Å². The highest BCUT2D eigenvalue weighted by Gasteiger charge is 2.28. The Morgan fingerprint density at radius 2 is 1.72 bits per heavy atom. The summed E-state index contributed by atoms with van der Waals surface area (Å²) in [6.07, 6.45) is 1.51. The third kappa shape index (κ3) is 4.34. The second-order valence-corrected chi connectivity index (χ2v) is 6.89. The van der Waals surface area contributed by atoms with Gasteiger partial charge in [-0.3, -0.25) is 19.7 Å². The molecule has 0 saturated carbocycles. The predicted molar refractivity (Wildman–Crippen MR) is 115 cm³/mol. The summed E-state index contributed by atoms with van der Waals surface area (Å²) in [5, 5.41) is 10.8. The number of fused-ring (bicyclic) bond motifs is 1. The van der Waals surface area contributed by atoms with Gasteiger partial charge in [0.2, 0.25) is 5.78 Å². The summed E-state index contributed by atoms with van der Waals surface area (Å²) in [5.41, 5.74) is 1.41. The van der Waals surface area contributed by atoms with Gasteiger partial charge in [0.15, 0.2) is 18.1 Å². The molecule has 8 heteroatoms. The third-order valence-corrected chi connectivity index (χ3v) is 4.83. The molecule has 1 heterocycles. The number of carbonyl (C=O) groups excluding carboxylic acids is 2. The molecule has 0 spiro atoms. The second kappa shape index (κ2) is 8.73. The highest BCUT2D eigenvalue weighted by atomic mass is 16.6. The molecule has 8 nitrogen and oxygen atoms in total. The van der Waals surface area contributed by atoms with Crippen LogP contribution in [0.15, 0.2) is 72.5 Å². The number of carbonyl (C=O) groups is 2. The van der Waals surface area contributed by atoms with Gasteiger partial charge in [0, 0.05) is 23.8 Å². The van der Waals surface area contributed by atoms with Crippen LogP contribution in [0.5, 0.6) is 17.2 Å². The van der Waals surface area contributed by atoms with Crippen molar-refractivity contribution in [2.45, 2.75) is 0 Å². The summed E-state index contributed by atoms with van der Waals surface area (Å²) >= 11 is 0. The highest BCUT2D eigenvalue weighted by Crippen LogP contribution is 2.35. The summed E-state index contributed by atoms with van der Waals surface area (Å²) in [4.78, 5) is 35.2. The van der Waals surface area contributed by atoms with Gasteiger partial charge in [-0.2, -0.15) is 0 Å². The molecule has 0 amide bonds. The molecule has 0 atom stereocenters. The molecule has 0 aromatic heterocycles. The van der Waals surface area contributed by atoms with Crippen LogP contribution in [0.1, 0.15) is 26.3 Å². The molecule has 0 unspecified atom stereocenters. The minimum absolute atomic E-state index is 0.0416. The van der Waals surface area contributed by atoms with E-state index in [4.69, 9.17) is 14.2 Å². The Kier molecular flexibility index (Phi) is 5.67. The number of allylic oxidation sites excluding steroid dienone is 1. The van der Waals surface area contributed by atoms with Crippen LogP contribution < -0.4 is 14.2 Å². The molecule has 0 fully saturated rings. The van der Waals surface area contributed by atoms with Gasteiger partial charge >= 0.3 is 0 Å². The normalized spacial score (nSPS) is 13.4. The fourth-order valence-corrected chi connectivity index (χ4v) is 3.11. The number of nitro benzene ring substituents is 1. The molecule has 4 rings (SSSR count). The number of nitrogens with zero attached hydrogens (tertiary/aromatic N) is 1. The number of ether oxygens (including phenoxy) is 3. The van der Waals surface area contributed by atoms with E-state index < -0.39 is 4.92 Å². The smallest absolute Gasteiger partial charge is 0.269 e. The van der Waals surface area contributed by atoms with Gasteiger partial charge in [0.1, 0.15) is 17.2 Å². The first-order valence-corrected chi connectivity index (χ1v) is 9.57. The van der Waals surface area contributed by atoms with Crippen molar-refractivity contribution in [3.05, 3.63) is 99.3 Å². The van der Waals surface area contributed by atoms with E-state index in [-0.39, 0.29) is 29.6 Å². The number of benzene rings is 3. The molecular weight excluding hydrogens is 414 g/mol. The van der Waals surface area contributed by atoms with Crippen LogP contribution in [0.4, 0.5) is 5.69 Å². The van der Waals surface area contributed by atoms with E-state index in [1.807, 2.05) is 0 Å². The lowest BCUT2D eigenvalue weighted by Gasteiger charge is -2.07. The predicted octanol–water partition coefficient (Wildman–Crippen LogP) is 4.48. The molecule has 0 radical (unpaired) electrons. The van der Waals surface area contributed by atoms with E-state index in [1.54, 1.807) is 49.6 Å². The van der Waals surface area contributed by atoms with E-state index in [0.29, 0.717) is 33.9 Å². The van der Waals surface area contributed by atoms with Crippen LogP contribution in [-0.2, 0) is 0 Å². The van der Waals surface area contributed by atoms with Crippen LogP contribution in [0.3, 0.4) is 0 Å². The lowest BCUT2D eigenvalue weighted by Crippen LogP contribution is -2.11. The average Bonchev–Trinajstić information content (AvgIpc) is 3.12. The summed E-state index contributed by atoms with van der Waals surface area (Å²) in [5.74, 6) is 0.941. The Morgan fingerprint density at radius 1 is 1.03 bits per heavy atom. The van der Waals surface area contributed by atoms with Crippen molar-refractivity contribution in [1.29, 1.82) is 0 Å². The van der Waals surface area contributed by atoms with Crippen molar-refractivity contribution < 1.29 is 28.7 Å². The zero-order chi connectivity index (χ0) is 22.7. The first-order chi connectivity index (χ1) is 15.4. The molecule has 0 N–H and O–H groups in total. The largest absolute Gasteiger partial charge is 0.497 e. The Balaban J connectivity index is 1.44. The first-order valence-electron chi connectivity index (χ1n) is 9.57. The van der Waals surface area contributed by atoms with Crippen molar-refractivity contribution in [3.63, 3.8) is 0 Å². The summed E-state index contributed by atoms with van der Waals surface area (Å²) in [6.45, 7) is -0.176. The van der Waals surface area contributed by atoms with E-state index in [9.17, 15) is 19.7 Å². The number of ketones is 2. The molecule has 3 aromatic carbocycles. The number of non-ortho nitro benzene ring substituents is 1. The third-order valence-electron chi connectivity index (χ3n) is 4.83. The number of hydrogen-bond donors (Lipinski definition) is 0. The Bertz CT molecular complexity index is 1230. The monoisotopic (exact) mass is 431 g/mol. The molecular formula is C24H17NO7. The quantitative estimate of drug-likeness (QED) is 0.235. The lowest BCUT2D eigenvalue weighted by atomic mass is 10.1. The molecule has 3 aromatic rings. The molecule has 1 aliphatic rings. The lowest BCUT2D eigenvalue weighted by molar-refractivity contribution is -0.384. The fraction of sp³-hybridized carbons (Fsp3) is 0.0833. The maximum absolute atomic E-state index is 12.6. The number of nitro groups is 1. The highest BCUT2D eigenvalue weighted by molar-refractivity contribution is 6.14. The van der Waals surface area contributed by atoms with Crippen LogP contribution in [-0.4, -0.2) is 30.2 Å². The van der Waals surface area contributed by atoms with E-state index >= 15 is 0 Å². The van der Waals surface area contributed by atoms with Gasteiger partial charge < -0.3 is 14.2 Å². The summed E-state index contributed by atoms with van der Waals surface area (Å²) in [6, 6.07) is 17.2. The summed E-state index contributed by atoms with van der Waals surface area (Å²) in [7, 11) is 1.55. The van der Waals surface area contributed by atoms with Crippen LogP contribution in [0, 0.1) is 10.1 Å². The second-order valence-electron chi connectivity index (χ2n) is 6.89. The fourth-order valence-electron chi connectivity index (χ4n) is 3.11. The average molecular weight is 431 g/mol. The van der Waals surface area contributed by atoms with Gasteiger partial charge in [0.05, 0.1) is 17.6 Å². The molecule has 32 heavy (non-hydrogen) atoms. The molecule has 1 aliphatic heterocycles. The van der Waals surface area contributed by atoms with Gasteiger partial charge in [-0.25, -0.2) is 0 Å². The van der Waals surface area contributed by atoms with E-state index in [0.717, 1.165) is 0 Å². The maximum atomic E-state index is 12.6. The SMILES string of the molecule is COc1ccc(C(=O)COc2ccc3c(c2)O/C(=C\c2ccc([N+](=O)[O-])cc2)C3=O)cc1. The van der Waals surface area contributed by atoms with Crippen molar-refractivity contribution in [3.8, 4) is 17.2 Å². The van der Waals surface area contributed by atoms with Gasteiger partial charge in [-0.1, -0.05) is 0 Å². The zero-order valence-electron chi connectivity index (χ0n) is 16.9. The molecule has 0 bridgehead atoms. The van der Waals surface area contributed by atoms with Gasteiger partial charge in [-0.05, 0) is 60.2 Å². The minimum atomic E-state index is -0.495. The van der Waals surface area contributed by atoms with E-state index in [2.05, 4.69) is 0 Å². The number of methoxy groups -OCH3 is 1. The van der Waals surface area contributed by atoms with Gasteiger partial charge in [-0.15, -0.1) is 0 Å². The van der Waals surface area contributed by atoms with E-state index in [1.165, 1.54) is 30.3 Å². The van der Waals surface area contributed by atoms with Crippen molar-refractivity contribution in [2.75, 3.05) is 13.7 Å². The minimum Gasteiger partial charge on any atom is -0.497 e. The first kappa shape index (κ1) is 20.8. The molecule has 0 saturated heterocycles. The van der Waals surface area contributed by atoms with Crippen LogP contribution >= 0.6 is 0 Å².